The van der Waals surface area contributed by atoms with Crippen LogP contribution in [-0.2, 0) is 0 Å². The van der Waals surface area contributed by atoms with Gasteiger partial charge in [0, 0.05) is 0 Å². The van der Waals surface area contributed by atoms with Gasteiger partial charge in [0.2, 0.25) is 0 Å². The van der Waals surface area contributed by atoms with Crippen molar-refractivity contribution >= 4 is 0 Å². The number of hydrogen-bond donors (Lipinski definition) is 1. The van der Waals surface area contributed by atoms with Gasteiger partial charge in [0.1, 0.15) is 0 Å². The van der Waals surface area contributed by atoms with Crippen LogP contribution >= 0.6 is 0 Å². The molecule has 0 heterocycles. The lowest BCUT2D eigenvalue weighted by atomic mass is 10.1. The Kier molecular flexibility index (Phi) is 8.40. The van der Waals surface area contributed by atoms with Crippen LogP contribution in [0.4, 0.5) is 0 Å². The van der Waals surface area contributed by atoms with Crippen LogP contribution in [0.3, 0.4) is 0 Å². The highest BCUT2D eigenvalue weighted by atomic mass is 14.8. The van der Waals surface area contributed by atoms with Gasteiger partial charge in [-0.05, 0) is 45.5 Å². The zero-order valence-electron chi connectivity index (χ0n) is 10.2. The summed E-state index contributed by atoms with van der Waals surface area (Å²) in [6, 6.07) is 0. The Bertz CT molecular complexity index is 189. The highest BCUT2D eigenvalue weighted by Gasteiger charge is 1.89. The first-order chi connectivity index (χ1) is 6.70. The van der Waals surface area contributed by atoms with E-state index in [4.69, 9.17) is 0 Å². The van der Waals surface area contributed by atoms with Crippen molar-refractivity contribution in [2.75, 3.05) is 0 Å². The molecule has 0 fully saturated rings. The molecule has 0 aliphatic carbocycles. The second kappa shape index (κ2) is 8.86. The first kappa shape index (κ1) is 13.3. The monoisotopic (exact) mass is 195 g/mol. The molecule has 0 saturated heterocycles. The van der Waals surface area contributed by atoms with Gasteiger partial charge >= 0.3 is 0 Å². The molecule has 14 heavy (non-hydrogen) atoms. The van der Waals surface area contributed by atoms with Crippen molar-refractivity contribution in [1.82, 2.24) is 5.32 Å². The molecule has 0 atom stereocenters. The quantitative estimate of drug-likeness (QED) is 0.595. The maximum atomic E-state index is 3.24. The van der Waals surface area contributed by atoms with Crippen molar-refractivity contribution in [2.24, 2.45) is 0 Å². The molecule has 0 aromatic heterocycles. The fourth-order valence-corrected chi connectivity index (χ4v) is 1.15. The van der Waals surface area contributed by atoms with Gasteiger partial charge in [-0.3, -0.25) is 0 Å². The summed E-state index contributed by atoms with van der Waals surface area (Å²) >= 11 is 0. The van der Waals surface area contributed by atoms with Gasteiger partial charge in [0.15, 0.2) is 0 Å². The Morgan fingerprint density at radius 1 is 1.00 bits per heavy atom. The van der Waals surface area contributed by atoms with E-state index in [0.717, 1.165) is 6.42 Å². The molecular weight excluding hydrogens is 170 g/mol. The third kappa shape index (κ3) is 7.90. The predicted octanol–water partition coefficient (Wildman–Crippen LogP) is 4.37. The molecule has 1 nitrogen and oxygen atoms in total. The summed E-state index contributed by atoms with van der Waals surface area (Å²) in [5.41, 5.74) is 2.83. The van der Waals surface area contributed by atoms with Crippen molar-refractivity contribution < 1.29 is 0 Å². The van der Waals surface area contributed by atoms with Crippen LogP contribution in [0.25, 0.3) is 0 Å². The second-order valence-corrected chi connectivity index (χ2v) is 3.96. The fraction of sp³-hybridized carbons (Fsp3) is 0.692. The van der Waals surface area contributed by atoms with E-state index in [2.05, 4.69) is 45.4 Å². The van der Waals surface area contributed by atoms with Crippen molar-refractivity contribution in [1.29, 1.82) is 0 Å². The van der Waals surface area contributed by atoms with Gasteiger partial charge in [-0.15, -0.1) is 0 Å². The van der Waals surface area contributed by atoms with E-state index in [0.29, 0.717) is 0 Å². The lowest BCUT2D eigenvalue weighted by Gasteiger charge is -2.01. The zero-order valence-corrected chi connectivity index (χ0v) is 10.2. The van der Waals surface area contributed by atoms with Crippen molar-refractivity contribution in [2.45, 2.75) is 59.8 Å². The van der Waals surface area contributed by atoms with Gasteiger partial charge in [0.25, 0.3) is 0 Å². The summed E-state index contributed by atoms with van der Waals surface area (Å²) < 4.78 is 0. The molecule has 0 aromatic carbocycles. The highest BCUT2D eigenvalue weighted by molar-refractivity contribution is 5.02. The predicted molar refractivity (Wildman–Crippen MR) is 65.1 cm³/mol. The third-order valence-electron chi connectivity index (χ3n) is 2.39. The zero-order chi connectivity index (χ0) is 10.8. The fourth-order valence-electron chi connectivity index (χ4n) is 1.15. The molecule has 82 valence electrons. The molecule has 0 saturated carbocycles. The number of allylic oxidation sites excluding steroid dienone is 2. The molecule has 0 rings (SSSR count). The largest absolute Gasteiger partial charge is 0.368 e. The first-order valence-corrected chi connectivity index (χ1v) is 5.78. The van der Waals surface area contributed by atoms with Crippen LogP contribution in [0.2, 0.25) is 0 Å². The smallest absolute Gasteiger partial charge is 0.000642 e. The Morgan fingerprint density at radius 2 is 1.64 bits per heavy atom. The molecule has 0 spiro atoms. The third-order valence-corrected chi connectivity index (χ3v) is 2.39. The standard InChI is InChI=1S/C13H25N/c1-5-7-8-9-13(4)11-14-10-12(3)6-2/h10-11,14H,5-9H2,1-4H3/b12-10+,13-11+. The summed E-state index contributed by atoms with van der Waals surface area (Å²) in [6.07, 6.45) is 10.5. The van der Waals surface area contributed by atoms with Crippen LogP contribution < -0.4 is 5.32 Å². The van der Waals surface area contributed by atoms with E-state index in [9.17, 15) is 0 Å². The van der Waals surface area contributed by atoms with Crippen molar-refractivity contribution in [3.63, 3.8) is 0 Å². The molecule has 1 N–H and O–H groups in total. The first-order valence-electron chi connectivity index (χ1n) is 5.78. The maximum Gasteiger partial charge on any atom is -0.000642 e. The van der Waals surface area contributed by atoms with Crippen LogP contribution in [0.1, 0.15) is 59.8 Å². The van der Waals surface area contributed by atoms with Crippen molar-refractivity contribution in [3.05, 3.63) is 23.5 Å². The highest BCUT2D eigenvalue weighted by Crippen LogP contribution is 2.06. The number of rotatable bonds is 7. The molecule has 0 amide bonds. The molecule has 0 aromatic rings. The topological polar surface area (TPSA) is 12.0 Å². The van der Waals surface area contributed by atoms with Crippen LogP contribution in [0.15, 0.2) is 23.5 Å². The SMILES string of the molecule is CCCCC/C(C)=C/N/C=C(\C)CC. The lowest BCUT2D eigenvalue weighted by molar-refractivity contribution is 0.711. The molecule has 0 aliphatic heterocycles. The van der Waals surface area contributed by atoms with Crippen LogP contribution in [-0.4, -0.2) is 0 Å². The van der Waals surface area contributed by atoms with Gasteiger partial charge in [-0.1, -0.05) is 37.8 Å². The van der Waals surface area contributed by atoms with Gasteiger partial charge in [-0.25, -0.2) is 0 Å². The molecule has 0 aliphatic rings. The Hall–Kier alpha value is -0.720. The van der Waals surface area contributed by atoms with E-state index in [1.54, 1.807) is 0 Å². The molecule has 0 bridgehead atoms. The van der Waals surface area contributed by atoms with Gasteiger partial charge in [0.05, 0.1) is 0 Å². The molecule has 0 unspecified atom stereocenters. The van der Waals surface area contributed by atoms with Crippen LogP contribution in [0.5, 0.6) is 0 Å². The van der Waals surface area contributed by atoms with E-state index in [1.165, 1.54) is 36.8 Å². The normalized spacial score (nSPS) is 13.1. The van der Waals surface area contributed by atoms with Gasteiger partial charge in [-0.2, -0.15) is 0 Å². The minimum atomic E-state index is 1.12. The van der Waals surface area contributed by atoms with Crippen molar-refractivity contribution in [3.8, 4) is 0 Å². The minimum Gasteiger partial charge on any atom is -0.368 e. The summed E-state index contributed by atoms with van der Waals surface area (Å²) in [6.45, 7) is 8.75. The summed E-state index contributed by atoms with van der Waals surface area (Å²) in [5, 5.41) is 3.24. The number of nitrogens with one attached hydrogen (secondary N) is 1. The average molecular weight is 195 g/mol. The average Bonchev–Trinajstić information content (AvgIpc) is 2.18. The van der Waals surface area contributed by atoms with E-state index in [1.807, 2.05) is 0 Å². The Morgan fingerprint density at radius 3 is 2.21 bits per heavy atom. The van der Waals surface area contributed by atoms with E-state index >= 15 is 0 Å². The van der Waals surface area contributed by atoms with Crippen LogP contribution in [0, 0.1) is 0 Å². The molecule has 0 radical (unpaired) electrons. The summed E-state index contributed by atoms with van der Waals surface area (Å²) in [5.74, 6) is 0. The lowest BCUT2D eigenvalue weighted by Crippen LogP contribution is -1.96. The number of unbranched alkanes of at least 4 members (excludes halogenated alkanes) is 2. The molecule has 1 heteroatoms. The van der Waals surface area contributed by atoms with Gasteiger partial charge < -0.3 is 5.32 Å². The molecular formula is C13H25N. The Labute approximate surface area is 89.3 Å². The maximum absolute atomic E-state index is 3.24. The van der Waals surface area contributed by atoms with E-state index in [-0.39, 0.29) is 0 Å². The van der Waals surface area contributed by atoms with E-state index < -0.39 is 0 Å². The minimum absolute atomic E-state index is 1.12. The second-order valence-electron chi connectivity index (χ2n) is 3.96. The summed E-state index contributed by atoms with van der Waals surface area (Å²) in [7, 11) is 0. The summed E-state index contributed by atoms with van der Waals surface area (Å²) in [4.78, 5) is 0. The Balaban J connectivity index is 3.65. The number of hydrogen-bond acceptors (Lipinski definition) is 1.